The molecule has 4 nitrogen and oxygen atoms in total. The molecule has 15 heavy (non-hydrogen) atoms. The third kappa shape index (κ3) is 2.26. The van der Waals surface area contributed by atoms with Gasteiger partial charge in [0.05, 0.1) is 5.69 Å². The Morgan fingerprint density at radius 2 is 2.40 bits per heavy atom. The molecule has 0 bridgehead atoms. The fourth-order valence-electron chi connectivity index (χ4n) is 1.67. The number of anilines is 1. The first-order chi connectivity index (χ1) is 7.18. The lowest BCUT2D eigenvalue weighted by molar-refractivity contribution is 0.0697. The van der Waals surface area contributed by atoms with Crippen molar-refractivity contribution in [3.63, 3.8) is 0 Å². The van der Waals surface area contributed by atoms with E-state index in [1.807, 2.05) is 11.9 Å². The van der Waals surface area contributed by atoms with Gasteiger partial charge in [-0.25, -0.2) is 4.79 Å². The molecular weight excluding hydrogens is 192 g/mol. The lowest BCUT2D eigenvalue weighted by atomic mass is 10.2. The van der Waals surface area contributed by atoms with E-state index in [0.29, 0.717) is 0 Å². The molecule has 0 aliphatic heterocycles. The van der Waals surface area contributed by atoms with E-state index < -0.39 is 5.97 Å². The van der Waals surface area contributed by atoms with Crippen molar-refractivity contribution < 1.29 is 9.90 Å². The van der Waals surface area contributed by atoms with Gasteiger partial charge in [-0.1, -0.05) is 0 Å². The number of pyridine rings is 1. The predicted molar refractivity (Wildman–Crippen MR) is 57.2 cm³/mol. The van der Waals surface area contributed by atoms with E-state index in [1.54, 1.807) is 12.3 Å². The molecular formula is C11H14N2O2. The van der Waals surface area contributed by atoms with Crippen LogP contribution in [0.5, 0.6) is 0 Å². The van der Waals surface area contributed by atoms with Crippen molar-refractivity contribution >= 4 is 11.7 Å². The standard InChI is InChI=1S/C11H14N2O2/c1-13(7-8-2-3-8)10-4-5-12-6-9(10)11(14)15/h4-6,8H,2-3,7H2,1H3,(H,14,15). The van der Waals surface area contributed by atoms with Crippen LogP contribution in [0, 0.1) is 5.92 Å². The monoisotopic (exact) mass is 206 g/mol. The lowest BCUT2D eigenvalue weighted by Gasteiger charge is -2.20. The predicted octanol–water partition coefficient (Wildman–Crippen LogP) is 1.63. The maximum absolute atomic E-state index is 11.0. The molecule has 0 amide bonds. The van der Waals surface area contributed by atoms with Crippen LogP contribution in [0.4, 0.5) is 5.69 Å². The number of aromatic carboxylic acids is 1. The molecule has 0 spiro atoms. The second kappa shape index (κ2) is 3.88. The second-order valence-electron chi connectivity index (χ2n) is 4.02. The van der Waals surface area contributed by atoms with Gasteiger partial charge in [0.25, 0.3) is 0 Å². The van der Waals surface area contributed by atoms with Gasteiger partial charge in [-0.3, -0.25) is 4.98 Å². The summed E-state index contributed by atoms with van der Waals surface area (Å²) in [6.45, 7) is 0.935. The number of carboxylic acids is 1. The highest BCUT2D eigenvalue weighted by atomic mass is 16.4. The molecule has 0 unspecified atom stereocenters. The molecule has 1 N–H and O–H groups in total. The van der Waals surface area contributed by atoms with Crippen molar-refractivity contribution in [2.45, 2.75) is 12.8 Å². The minimum atomic E-state index is -0.916. The van der Waals surface area contributed by atoms with Crippen LogP contribution >= 0.6 is 0 Å². The molecule has 2 rings (SSSR count). The van der Waals surface area contributed by atoms with Gasteiger partial charge < -0.3 is 10.0 Å². The average molecular weight is 206 g/mol. The van der Waals surface area contributed by atoms with E-state index in [0.717, 1.165) is 18.2 Å². The average Bonchev–Trinajstić information content (AvgIpc) is 3.01. The van der Waals surface area contributed by atoms with Crippen molar-refractivity contribution in [1.82, 2.24) is 4.98 Å². The molecule has 0 saturated heterocycles. The van der Waals surface area contributed by atoms with Crippen LogP contribution in [-0.4, -0.2) is 29.7 Å². The topological polar surface area (TPSA) is 53.4 Å². The Kier molecular flexibility index (Phi) is 2.58. The zero-order valence-electron chi connectivity index (χ0n) is 8.68. The first-order valence-electron chi connectivity index (χ1n) is 5.07. The summed E-state index contributed by atoms with van der Waals surface area (Å²) < 4.78 is 0. The van der Waals surface area contributed by atoms with Gasteiger partial charge in [-0.05, 0) is 24.8 Å². The third-order valence-corrected chi connectivity index (χ3v) is 2.67. The number of carboxylic acid groups (broad SMARTS) is 1. The van der Waals surface area contributed by atoms with Gasteiger partial charge in [0.15, 0.2) is 0 Å². The number of hydrogen-bond acceptors (Lipinski definition) is 3. The molecule has 1 fully saturated rings. The Hall–Kier alpha value is -1.58. The molecule has 80 valence electrons. The molecule has 1 aliphatic carbocycles. The van der Waals surface area contributed by atoms with Crippen molar-refractivity contribution in [3.8, 4) is 0 Å². The number of carbonyl (C=O) groups is 1. The summed E-state index contributed by atoms with van der Waals surface area (Å²) in [6, 6.07) is 1.76. The normalized spacial score (nSPS) is 15.0. The number of rotatable bonds is 4. The number of nitrogens with zero attached hydrogens (tertiary/aromatic N) is 2. The van der Waals surface area contributed by atoms with E-state index in [-0.39, 0.29) is 5.56 Å². The van der Waals surface area contributed by atoms with Crippen molar-refractivity contribution in [2.24, 2.45) is 5.92 Å². The first-order valence-corrected chi connectivity index (χ1v) is 5.07. The minimum absolute atomic E-state index is 0.278. The Balaban J connectivity index is 2.20. The summed E-state index contributed by atoms with van der Waals surface area (Å²) in [5.41, 5.74) is 1.03. The summed E-state index contributed by atoms with van der Waals surface area (Å²) in [5, 5.41) is 9.00. The van der Waals surface area contributed by atoms with E-state index in [4.69, 9.17) is 5.11 Å². The Bertz CT molecular complexity index is 375. The second-order valence-corrected chi connectivity index (χ2v) is 4.02. The highest BCUT2D eigenvalue weighted by Gasteiger charge is 2.24. The van der Waals surface area contributed by atoms with Gasteiger partial charge in [0.1, 0.15) is 5.56 Å². The van der Waals surface area contributed by atoms with E-state index in [1.165, 1.54) is 19.0 Å². The minimum Gasteiger partial charge on any atom is -0.478 e. The van der Waals surface area contributed by atoms with Crippen LogP contribution in [0.1, 0.15) is 23.2 Å². The smallest absolute Gasteiger partial charge is 0.339 e. The highest BCUT2D eigenvalue weighted by molar-refractivity contribution is 5.93. The first kappa shape index (κ1) is 9.96. The summed E-state index contributed by atoms with van der Waals surface area (Å²) in [5.74, 6) is -0.175. The van der Waals surface area contributed by atoms with Gasteiger partial charge in [0.2, 0.25) is 0 Å². The van der Waals surface area contributed by atoms with Crippen LogP contribution in [-0.2, 0) is 0 Å². The molecule has 0 aromatic carbocycles. The quantitative estimate of drug-likeness (QED) is 0.813. The van der Waals surface area contributed by atoms with Crippen LogP contribution in [0.2, 0.25) is 0 Å². The zero-order valence-corrected chi connectivity index (χ0v) is 8.68. The zero-order chi connectivity index (χ0) is 10.8. The fraction of sp³-hybridized carbons (Fsp3) is 0.455. The molecule has 1 heterocycles. The lowest BCUT2D eigenvalue weighted by Crippen LogP contribution is -2.22. The largest absolute Gasteiger partial charge is 0.478 e. The molecule has 0 atom stereocenters. The Labute approximate surface area is 88.6 Å². The van der Waals surface area contributed by atoms with Gasteiger partial charge >= 0.3 is 5.97 Å². The van der Waals surface area contributed by atoms with Gasteiger partial charge in [0, 0.05) is 26.0 Å². The molecule has 1 aromatic rings. The molecule has 4 heteroatoms. The van der Waals surface area contributed by atoms with E-state index in [9.17, 15) is 4.79 Å². The molecule has 1 aliphatic rings. The summed E-state index contributed by atoms with van der Waals surface area (Å²) in [7, 11) is 1.93. The Morgan fingerprint density at radius 1 is 1.67 bits per heavy atom. The fourth-order valence-corrected chi connectivity index (χ4v) is 1.67. The van der Waals surface area contributed by atoms with Crippen LogP contribution in [0.15, 0.2) is 18.5 Å². The molecule has 0 radical (unpaired) electrons. The van der Waals surface area contributed by atoms with Gasteiger partial charge in [-0.15, -0.1) is 0 Å². The van der Waals surface area contributed by atoms with Crippen molar-refractivity contribution in [3.05, 3.63) is 24.0 Å². The van der Waals surface area contributed by atoms with Crippen LogP contribution < -0.4 is 4.90 Å². The summed E-state index contributed by atoms with van der Waals surface area (Å²) in [4.78, 5) is 16.8. The summed E-state index contributed by atoms with van der Waals surface area (Å²) >= 11 is 0. The SMILES string of the molecule is CN(CC1CC1)c1ccncc1C(=O)O. The summed E-state index contributed by atoms with van der Waals surface area (Å²) in [6.07, 6.45) is 5.56. The number of aromatic nitrogens is 1. The van der Waals surface area contributed by atoms with Crippen molar-refractivity contribution in [1.29, 1.82) is 0 Å². The van der Waals surface area contributed by atoms with Gasteiger partial charge in [-0.2, -0.15) is 0 Å². The van der Waals surface area contributed by atoms with Crippen LogP contribution in [0.3, 0.4) is 0 Å². The number of hydrogen-bond donors (Lipinski definition) is 1. The molecule has 1 aromatic heterocycles. The Morgan fingerprint density at radius 3 is 3.00 bits per heavy atom. The third-order valence-electron chi connectivity index (χ3n) is 2.67. The maximum atomic E-state index is 11.0. The van der Waals surface area contributed by atoms with E-state index in [2.05, 4.69) is 4.98 Å². The molecule has 1 saturated carbocycles. The van der Waals surface area contributed by atoms with E-state index >= 15 is 0 Å². The maximum Gasteiger partial charge on any atom is 0.339 e. The van der Waals surface area contributed by atoms with Crippen molar-refractivity contribution in [2.75, 3.05) is 18.5 Å². The highest BCUT2D eigenvalue weighted by Crippen LogP contribution is 2.31. The van der Waals surface area contributed by atoms with Crippen LogP contribution in [0.25, 0.3) is 0 Å².